The summed E-state index contributed by atoms with van der Waals surface area (Å²) in [6.45, 7) is 2.64. The molecule has 1 rings (SSSR count). The van der Waals surface area contributed by atoms with E-state index < -0.39 is 34.6 Å². The van der Waals surface area contributed by atoms with Crippen LogP contribution in [0.2, 0.25) is 5.02 Å². The number of rotatable bonds is 3. The number of halogens is 4. The van der Waals surface area contributed by atoms with Crippen molar-refractivity contribution in [3.63, 3.8) is 0 Å². The fraction of sp³-hybridized carbons (Fsp3) is 0.333. The first kappa shape index (κ1) is 16.3. The molecule has 1 aromatic rings. The monoisotopic (exact) mass is 308 g/mol. The number of hydrogen-bond donors (Lipinski definition) is 2. The second kappa shape index (κ2) is 6.13. The average Bonchev–Trinajstić information content (AvgIpc) is 2.29. The van der Waals surface area contributed by atoms with Gasteiger partial charge in [0.1, 0.15) is 6.04 Å². The van der Waals surface area contributed by atoms with Crippen molar-refractivity contribution >= 4 is 29.1 Å². The van der Waals surface area contributed by atoms with E-state index in [1.54, 1.807) is 0 Å². The molecule has 0 heterocycles. The van der Waals surface area contributed by atoms with Crippen molar-refractivity contribution in [2.24, 2.45) is 0 Å². The number of nitrogens with one attached hydrogen (secondary N) is 2. The number of carbonyl (C=O) groups excluding carboxylic acids is 2. The fourth-order valence-corrected chi connectivity index (χ4v) is 1.67. The highest BCUT2D eigenvalue weighted by Crippen LogP contribution is 2.36. The molecule has 0 saturated carbocycles. The van der Waals surface area contributed by atoms with Crippen LogP contribution in [0.25, 0.3) is 0 Å². The topological polar surface area (TPSA) is 58.2 Å². The molecule has 110 valence electrons. The number of amides is 2. The van der Waals surface area contributed by atoms with Gasteiger partial charge >= 0.3 is 6.18 Å². The Morgan fingerprint density at radius 3 is 2.40 bits per heavy atom. The number of hydrogen-bond acceptors (Lipinski definition) is 2. The van der Waals surface area contributed by atoms with Gasteiger partial charge in [0.25, 0.3) is 0 Å². The van der Waals surface area contributed by atoms with E-state index in [0.29, 0.717) is 0 Å². The fourth-order valence-electron chi connectivity index (χ4n) is 1.44. The summed E-state index contributed by atoms with van der Waals surface area (Å²) >= 11 is 5.46. The van der Waals surface area contributed by atoms with E-state index in [1.165, 1.54) is 19.9 Å². The van der Waals surface area contributed by atoms with Crippen LogP contribution < -0.4 is 10.6 Å². The van der Waals surface area contributed by atoms with Crippen LogP contribution in [0, 0.1) is 0 Å². The maximum Gasteiger partial charge on any atom is 0.417 e. The van der Waals surface area contributed by atoms with Crippen molar-refractivity contribution in [2.75, 3.05) is 5.32 Å². The van der Waals surface area contributed by atoms with Gasteiger partial charge in [0, 0.05) is 12.6 Å². The van der Waals surface area contributed by atoms with Crippen molar-refractivity contribution in [2.45, 2.75) is 26.1 Å². The maximum atomic E-state index is 12.6. The van der Waals surface area contributed by atoms with E-state index in [4.69, 9.17) is 11.6 Å². The second-order valence-corrected chi connectivity index (χ2v) is 4.51. The Morgan fingerprint density at radius 2 is 1.90 bits per heavy atom. The Bertz CT molecular complexity index is 532. The van der Waals surface area contributed by atoms with Crippen LogP contribution in [-0.4, -0.2) is 17.9 Å². The Balaban J connectivity index is 2.89. The molecule has 0 aliphatic rings. The number of benzene rings is 1. The van der Waals surface area contributed by atoms with Crippen molar-refractivity contribution in [1.82, 2.24) is 5.32 Å². The van der Waals surface area contributed by atoms with E-state index >= 15 is 0 Å². The molecule has 1 atom stereocenters. The summed E-state index contributed by atoms with van der Waals surface area (Å²) < 4.78 is 37.9. The lowest BCUT2D eigenvalue weighted by Crippen LogP contribution is -2.40. The zero-order chi connectivity index (χ0) is 15.5. The van der Waals surface area contributed by atoms with Crippen LogP contribution in [0.15, 0.2) is 18.2 Å². The van der Waals surface area contributed by atoms with Crippen LogP contribution in [-0.2, 0) is 15.8 Å². The zero-order valence-electron chi connectivity index (χ0n) is 10.6. The lowest BCUT2D eigenvalue weighted by Gasteiger charge is -2.15. The minimum absolute atomic E-state index is 0.0519. The van der Waals surface area contributed by atoms with Gasteiger partial charge in [-0.25, -0.2) is 0 Å². The Hall–Kier alpha value is -1.76. The number of anilines is 1. The summed E-state index contributed by atoms with van der Waals surface area (Å²) in [5.41, 5.74) is -1.09. The van der Waals surface area contributed by atoms with Crippen LogP contribution in [0.1, 0.15) is 19.4 Å². The van der Waals surface area contributed by atoms with Crippen molar-refractivity contribution in [3.05, 3.63) is 28.8 Å². The normalized spacial score (nSPS) is 12.7. The van der Waals surface area contributed by atoms with Crippen molar-refractivity contribution in [1.29, 1.82) is 0 Å². The molecule has 0 saturated heterocycles. The van der Waals surface area contributed by atoms with E-state index in [-0.39, 0.29) is 5.69 Å². The Morgan fingerprint density at radius 1 is 1.30 bits per heavy atom. The molecule has 20 heavy (non-hydrogen) atoms. The molecule has 0 aromatic heterocycles. The first-order chi connectivity index (χ1) is 9.11. The average molecular weight is 309 g/mol. The molecule has 1 unspecified atom stereocenters. The molecule has 0 aliphatic carbocycles. The van der Waals surface area contributed by atoms with Crippen LogP contribution >= 0.6 is 11.6 Å². The summed E-state index contributed by atoms with van der Waals surface area (Å²) in [7, 11) is 0. The smallest absolute Gasteiger partial charge is 0.345 e. The van der Waals surface area contributed by atoms with Gasteiger partial charge in [0.15, 0.2) is 0 Å². The molecule has 0 fully saturated rings. The van der Waals surface area contributed by atoms with E-state index in [1.807, 2.05) is 0 Å². The molecule has 4 nitrogen and oxygen atoms in total. The molecule has 0 spiro atoms. The summed E-state index contributed by atoms with van der Waals surface area (Å²) in [6, 6.07) is 2.16. The highest BCUT2D eigenvalue weighted by molar-refractivity contribution is 6.31. The number of alkyl halides is 3. The van der Waals surface area contributed by atoms with Gasteiger partial charge in [0.2, 0.25) is 11.8 Å². The first-order valence-electron chi connectivity index (χ1n) is 5.56. The molecule has 2 N–H and O–H groups in total. The largest absolute Gasteiger partial charge is 0.417 e. The summed E-state index contributed by atoms with van der Waals surface area (Å²) in [5, 5.41) is 4.14. The zero-order valence-corrected chi connectivity index (χ0v) is 11.4. The van der Waals surface area contributed by atoms with Gasteiger partial charge in [-0.2, -0.15) is 13.2 Å². The van der Waals surface area contributed by atoms with Gasteiger partial charge in [-0.3, -0.25) is 9.59 Å². The molecule has 1 aromatic carbocycles. The molecule has 2 amide bonds. The molecular formula is C12H12ClF3N2O2. The summed E-state index contributed by atoms with van der Waals surface area (Å²) in [5.74, 6) is -1.05. The van der Waals surface area contributed by atoms with Gasteiger partial charge in [-0.15, -0.1) is 0 Å². The van der Waals surface area contributed by atoms with Crippen molar-refractivity contribution in [3.8, 4) is 0 Å². The minimum Gasteiger partial charge on any atom is -0.345 e. The molecule has 0 bridgehead atoms. The lowest BCUT2D eigenvalue weighted by molar-refractivity contribution is -0.137. The molecule has 0 aliphatic heterocycles. The summed E-state index contributed by atoms with van der Waals surface area (Å²) in [6.07, 6.45) is -4.61. The highest BCUT2D eigenvalue weighted by Gasteiger charge is 2.33. The first-order valence-corrected chi connectivity index (χ1v) is 5.93. The predicted octanol–water partition coefficient (Wildman–Crippen LogP) is 2.82. The SMILES string of the molecule is CC(=O)NC(C)C(=O)Nc1ccc(Cl)c(C(F)(F)F)c1. The maximum absolute atomic E-state index is 12.6. The van der Waals surface area contributed by atoms with E-state index in [2.05, 4.69) is 10.6 Å². The molecular weight excluding hydrogens is 297 g/mol. The Labute approximate surface area is 118 Å². The number of carbonyl (C=O) groups is 2. The summed E-state index contributed by atoms with van der Waals surface area (Å²) in [4.78, 5) is 22.4. The quantitative estimate of drug-likeness (QED) is 0.902. The van der Waals surface area contributed by atoms with Crippen LogP contribution in [0.4, 0.5) is 18.9 Å². The van der Waals surface area contributed by atoms with E-state index in [0.717, 1.165) is 12.1 Å². The van der Waals surface area contributed by atoms with Gasteiger partial charge in [-0.05, 0) is 25.1 Å². The lowest BCUT2D eigenvalue weighted by atomic mass is 10.2. The Kier molecular flexibility index (Phi) is 4.99. The minimum atomic E-state index is -4.61. The van der Waals surface area contributed by atoms with Gasteiger partial charge in [-0.1, -0.05) is 11.6 Å². The standard InChI is InChI=1S/C12H12ClF3N2O2/c1-6(17-7(2)19)11(20)18-8-3-4-10(13)9(5-8)12(14,15)16/h3-6H,1-2H3,(H,17,19)(H,18,20). The third-order valence-electron chi connectivity index (χ3n) is 2.35. The molecule has 8 heteroatoms. The van der Waals surface area contributed by atoms with E-state index in [9.17, 15) is 22.8 Å². The highest BCUT2D eigenvalue weighted by atomic mass is 35.5. The van der Waals surface area contributed by atoms with Gasteiger partial charge in [0.05, 0.1) is 10.6 Å². The predicted molar refractivity (Wildman–Crippen MR) is 68.4 cm³/mol. The molecule has 0 radical (unpaired) electrons. The second-order valence-electron chi connectivity index (χ2n) is 4.10. The van der Waals surface area contributed by atoms with Crippen LogP contribution in [0.3, 0.4) is 0 Å². The van der Waals surface area contributed by atoms with Gasteiger partial charge < -0.3 is 10.6 Å². The van der Waals surface area contributed by atoms with Crippen molar-refractivity contribution < 1.29 is 22.8 Å². The third-order valence-corrected chi connectivity index (χ3v) is 2.68. The third kappa shape index (κ3) is 4.41. The van der Waals surface area contributed by atoms with Crippen LogP contribution in [0.5, 0.6) is 0 Å².